The molecule has 0 heterocycles. The van der Waals surface area contributed by atoms with Crippen molar-refractivity contribution in [2.75, 3.05) is 55.1 Å². The monoisotopic (exact) mass is 437 g/mol. The number of hydrogen-bond acceptors (Lipinski definition) is 2. The van der Waals surface area contributed by atoms with Gasteiger partial charge in [-0.25, -0.2) is 0 Å². The maximum atomic E-state index is 4.66. The van der Waals surface area contributed by atoms with E-state index in [9.17, 15) is 0 Å². The molecule has 0 fully saturated rings. The number of nitrogens with zero attached hydrogens (tertiary/aromatic N) is 1. The van der Waals surface area contributed by atoms with Gasteiger partial charge in [0.25, 0.3) is 0 Å². The van der Waals surface area contributed by atoms with E-state index in [0.29, 0.717) is 13.2 Å². The minimum atomic E-state index is 0. The lowest BCUT2D eigenvalue weighted by molar-refractivity contribution is -0.870. The molecule has 0 N–H and O–H groups in total. The van der Waals surface area contributed by atoms with Gasteiger partial charge in [0.05, 0.1) is 40.9 Å². The molecular formula is C25H56ClNO2. The summed E-state index contributed by atoms with van der Waals surface area (Å²) in [5.74, 6) is 0. The summed E-state index contributed by atoms with van der Waals surface area (Å²) in [7, 11) is 10.2. The van der Waals surface area contributed by atoms with Gasteiger partial charge in [-0.3, -0.25) is 0 Å². The molecule has 0 aliphatic carbocycles. The highest BCUT2D eigenvalue weighted by Gasteiger charge is 2.04. The zero-order chi connectivity index (χ0) is 21.3. The normalized spacial score (nSPS) is 11.0. The Balaban J connectivity index is -0.000000837. The lowest BCUT2D eigenvalue weighted by Gasteiger charge is -2.23. The van der Waals surface area contributed by atoms with Crippen LogP contribution in [0.15, 0.2) is 0 Å². The third kappa shape index (κ3) is 39.3. The van der Waals surface area contributed by atoms with Gasteiger partial charge in [0.1, 0.15) is 0 Å². The summed E-state index contributed by atoms with van der Waals surface area (Å²) in [5, 5.41) is 0. The lowest BCUT2D eigenvalue weighted by atomic mass is 10.0. The molecule has 0 saturated carbocycles. The zero-order valence-electron chi connectivity index (χ0n) is 21.1. The number of rotatable bonds is 20. The number of unbranched alkanes of at least 4 members (excludes halogenated alkanes) is 15. The summed E-state index contributed by atoms with van der Waals surface area (Å²) in [5.41, 5.74) is 0. The van der Waals surface area contributed by atoms with Crippen molar-refractivity contribution in [3.05, 3.63) is 0 Å². The molecule has 0 radical (unpaired) electrons. The van der Waals surface area contributed by atoms with Crippen molar-refractivity contribution < 1.29 is 26.4 Å². The van der Waals surface area contributed by atoms with E-state index in [2.05, 4.69) is 37.5 Å². The molecule has 0 amide bonds. The molecule has 0 aromatic carbocycles. The molecule has 0 aromatic rings. The highest BCUT2D eigenvalue weighted by Crippen LogP contribution is 2.13. The Hall–Kier alpha value is 0.170. The standard InChI is InChI=1S/C21H46N.C4H10O2.ClH/c1-5-6-7-8-9-10-11-12-13-14-15-16-17-18-19-20-21-22(2,3)4;1-5-3-4-6-2;/h5-21H2,1-4H3;3-4H2,1-2H3;1H/q+1;;/p-1. The predicted molar refractivity (Wildman–Crippen MR) is 126 cm³/mol. The van der Waals surface area contributed by atoms with Crippen molar-refractivity contribution in [2.24, 2.45) is 0 Å². The van der Waals surface area contributed by atoms with Crippen LogP contribution in [-0.2, 0) is 9.47 Å². The first kappa shape index (κ1) is 33.8. The predicted octanol–water partition coefficient (Wildman–Crippen LogP) is 4.24. The van der Waals surface area contributed by atoms with Crippen LogP contribution in [-0.4, -0.2) is 59.6 Å². The van der Waals surface area contributed by atoms with E-state index in [4.69, 9.17) is 0 Å². The molecule has 0 bridgehead atoms. The maximum Gasteiger partial charge on any atom is 0.0780 e. The molecule has 0 rings (SSSR count). The molecule has 29 heavy (non-hydrogen) atoms. The van der Waals surface area contributed by atoms with Gasteiger partial charge in [-0.1, -0.05) is 96.8 Å². The summed E-state index contributed by atoms with van der Waals surface area (Å²) in [4.78, 5) is 0. The van der Waals surface area contributed by atoms with Gasteiger partial charge in [0.15, 0.2) is 0 Å². The fourth-order valence-corrected chi connectivity index (χ4v) is 3.30. The van der Waals surface area contributed by atoms with E-state index in [1.165, 1.54) is 109 Å². The van der Waals surface area contributed by atoms with Crippen molar-refractivity contribution in [3.63, 3.8) is 0 Å². The van der Waals surface area contributed by atoms with Gasteiger partial charge in [-0.05, 0) is 12.8 Å². The number of halogens is 1. The number of quaternary nitrogens is 1. The second-order valence-electron chi connectivity index (χ2n) is 9.30. The van der Waals surface area contributed by atoms with Crippen LogP contribution in [0.1, 0.15) is 110 Å². The highest BCUT2D eigenvalue weighted by atomic mass is 35.5. The van der Waals surface area contributed by atoms with Crippen LogP contribution in [0.25, 0.3) is 0 Å². The molecule has 0 atom stereocenters. The average Bonchev–Trinajstić information content (AvgIpc) is 2.65. The Kier molecular flexibility index (Phi) is 32.8. The Morgan fingerprint density at radius 1 is 0.483 bits per heavy atom. The minimum absolute atomic E-state index is 0. The summed E-state index contributed by atoms with van der Waals surface area (Å²) in [6, 6.07) is 0. The van der Waals surface area contributed by atoms with E-state index in [0.717, 1.165) is 4.48 Å². The highest BCUT2D eigenvalue weighted by molar-refractivity contribution is 4.49. The van der Waals surface area contributed by atoms with E-state index >= 15 is 0 Å². The third-order valence-electron chi connectivity index (χ3n) is 5.17. The Labute approximate surface area is 191 Å². The summed E-state index contributed by atoms with van der Waals surface area (Å²) in [6.07, 6.45) is 23.4. The van der Waals surface area contributed by atoms with Crippen molar-refractivity contribution in [3.8, 4) is 0 Å². The Morgan fingerprint density at radius 2 is 0.759 bits per heavy atom. The summed E-state index contributed by atoms with van der Waals surface area (Å²) >= 11 is 0. The summed E-state index contributed by atoms with van der Waals surface area (Å²) in [6.45, 7) is 5.01. The Bertz CT molecular complexity index is 266. The molecule has 3 nitrogen and oxygen atoms in total. The molecule has 0 aliphatic rings. The van der Waals surface area contributed by atoms with E-state index < -0.39 is 0 Å². The topological polar surface area (TPSA) is 18.5 Å². The maximum absolute atomic E-state index is 4.66. The quantitative estimate of drug-likeness (QED) is 0.209. The second kappa shape index (κ2) is 28.2. The summed E-state index contributed by atoms with van der Waals surface area (Å²) < 4.78 is 10.4. The minimum Gasteiger partial charge on any atom is -1.00 e. The first-order valence-electron chi connectivity index (χ1n) is 12.3. The molecule has 0 unspecified atom stereocenters. The Morgan fingerprint density at radius 3 is 1.00 bits per heavy atom. The zero-order valence-corrected chi connectivity index (χ0v) is 21.8. The molecular weight excluding hydrogens is 382 g/mol. The number of hydrogen-bond donors (Lipinski definition) is 0. The van der Waals surface area contributed by atoms with Crippen molar-refractivity contribution in [2.45, 2.75) is 110 Å². The van der Waals surface area contributed by atoms with Crippen LogP contribution in [0.5, 0.6) is 0 Å². The molecule has 180 valence electrons. The molecule has 0 spiro atoms. The second-order valence-corrected chi connectivity index (χ2v) is 9.30. The first-order valence-corrected chi connectivity index (χ1v) is 12.3. The number of ether oxygens (including phenoxy) is 2. The number of methoxy groups -OCH3 is 2. The van der Waals surface area contributed by atoms with Crippen molar-refractivity contribution in [1.29, 1.82) is 0 Å². The van der Waals surface area contributed by atoms with Gasteiger partial charge in [-0.15, -0.1) is 0 Å². The van der Waals surface area contributed by atoms with Gasteiger partial charge < -0.3 is 26.4 Å². The fourth-order valence-electron chi connectivity index (χ4n) is 3.30. The molecule has 0 aromatic heterocycles. The average molecular weight is 438 g/mol. The fraction of sp³-hybridized carbons (Fsp3) is 1.00. The SMILES string of the molecule is CCCCCCCCCCCCCCCCCC[N+](C)(C)C.COCCOC.[Cl-]. The van der Waals surface area contributed by atoms with Crippen molar-refractivity contribution >= 4 is 0 Å². The first-order chi connectivity index (χ1) is 13.5. The van der Waals surface area contributed by atoms with Crippen molar-refractivity contribution in [1.82, 2.24) is 0 Å². The van der Waals surface area contributed by atoms with Crippen LogP contribution in [0.3, 0.4) is 0 Å². The van der Waals surface area contributed by atoms with Crippen LogP contribution in [0.4, 0.5) is 0 Å². The lowest BCUT2D eigenvalue weighted by Crippen LogP contribution is -3.00. The molecule has 4 heteroatoms. The van der Waals surface area contributed by atoms with Crippen LogP contribution in [0, 0.1) is 0 Å². The van der Waals surface area contributed by atoms with Crippen LogP contribution < -0.4 is 12.4 Å². The van der Waals surface area contributed by atoms with E-state index in [1.807, 2.05) is 0 Å². The third-order valence-corrected chi connectivity index (χ3v) is 5.17. The van der Waals surface area contributed by atoms with Crippen LogP contribution in [0.2, 0.25) is 0 Å². The molecule has 0 aliphatic heterocycles. The van der Waals surface area contributed by atoms with Gasteiger partial charge in [0.2, 0.25) is 0 Å². The van der Waals surface area contributed by atoms with E-state index in [1.54, 1.807) is 14.2 Å². The van der Waals surface area contributed by atoms with Gasteiger partial charge in [-0.2, -0.15) is 0 Å². The smallest absolute Gasteiger partial charge is 0.0780 e. The largest absolute Gasteiger partial charge is 1.00 e. The van der Waals surface area contributed by atoms with Gasteiger partial charge in [0, 0.05) is 14.2 Å². The van der Waals surface area contributed by atoms with Crippen LogP contribution >= 0.6 is 0 Å². The van der Waals surface area contributed by atoms with E-state index in [-0.39, 0.29) is 12.4 Å². The van der Waals surface area contributed by atoms with Gasteiger partial charge >= 0.3 is 0 Å². The molecule has 0 saturated heterocycles.